The molecule has 2 N–H and O–H groups in total. The maximum atomic E-state index is 4.32. The molecule has 0 fully saturated rings. The summed E-state index contributed by atoms with van der Waals surface area (Å²) in [5.74, 6) is 0.854. The molecule has 0 atom stereocenters. The molecule has 0 aromatic heterocycles. The molecule has 0 aliphatic carbocycles. The third-order valence-corrected chi connectivity index (χ3v) is 4.05. The molecule has 142 valence electrons. The fourth-order valence-corrected chi connectivity index (χ4v) is 2.77. The summed E-state index contributed by atoms with van der Waals surface area (Å²) in [6, 6.07) is 19.1. The Hall–Kier alpha value is -1.60. The predicted octanol–water partition coefficient (Wildman–Crippen LogP) is 3.66. The third kappa shape index (κ3) is 8.19. The summed E-state index contributed by atoms with van der Waals surface area (Å²) in [7, 11) is 6.01. The second-order valence-electron chi connectivity index (χ2n) is 6.45. The normalized spacial score (nSPS) is 11.2. The summed E-state index contributed by atoms with van der Waals surface area (Å²) >= 11 is 0. The van der Waals surface area contributed by atoms with Crippen LogP contribution in [0.3, 0.4) is 0 Å². The number of guanidine groups is 1. The molecule has 0 spiro atoms. The number of benzene rings is 2. The van der Waals surface area contributed by atoms with Crippen LogP contribution in [-0.4, -0.2) is 38.5 Å². The minimum atomic E-state index is 0. The maximum Gasteiger partial charge on any atom is 0.191 e. The average molecular weight is 466 g/mol. The molecule has 0 saturated heterocycles. The van der Waals surface area contributed by atoms with Gasteiger partial charge in [0.15, 0.2) is 5.96 Å². The largest absolute Gasteiger partial charge is 0.356 e. The Bertz CT molecular complexity index is 656. The van der Waals surface area contributed by atoms with Crippen LogP contribution in [0.4, 0.5) is 0 Å². The van der Waals surface area contributed by atoms with Crippen molar-refractivity contribution >= 4 is 29.9 Å². The topological polar surface area (TPSA) is 39.7 Å². The van der Waals surface area contributed by atoms with Crippen molar-refractivity contribution in [1.82, 2.24) is 15.5 Å². The number of nitrogens with zero attached hydrogens (tertiary/aromatic N) is 2. The Morgan fingerprint density at radius 3 is 2.23 bits per heavy atom. The standard InChI is InChI=1S/C21H30N4.HI/c1-22-21(23-15-9-12-18-10-5-4-6-11-18)24-16-19-13-7-8-14-20(19)17-25(2)3;/h4-8,10-11,13-14H,9,12,15-17H2,1-3H3,(H2,22,23,24);1H. The molecule has 0 heterocycles. The van der Waals surface area contributed by atoms with Gasteiger partial charge in [0.1, 0.15) is 0 Å². The van der Waals surface area contributed by atoms with Crippen LogP contribution in [0.25, 0.3) is 0 Å². The Kier molecular flexibility index (Phi) is 11.0. The zero-order chi connectivity index (χ0) is 17.9. The lowest BCUT2D eigenvalue weighted by molar-refractivity contribution is 0.400. The van der Waals surface area contributed by atoms with Gasteiger partial charge in [0.05, 0.1) is 0 Å². The van der Waals surface area contributed by atoms with E-state index in [9.17, 15) is 0 Å². The minimum absolute atomic E-state index is 0. The first-order valence-corrected chi connectivity index (χ1v) is 8.89. The lowest BCUT2D eigenvalue weighted by Gasteiger charge is -2.16. The van der Waals surface area contributed by atoms with Gasteiger partial charge in [-0.05, 0) is 43.6 Å². The Morgan fingerprint density at radius 1 is 0.923 bits per heavy atom. The van der Waals surface area contributed by atoms with Gasteiger partial charge in [0.25, 0.3) is 0 Å². The van der Waals surface area contributed by atoms with Crippen molar-refractivity contribution in [2.45, 2.75) is 25.9 Å². The molecule has 0 saturated carbocycles. The fraction of sp³-hybridized carbons (Fsp3) is 0.381. The molecule has 0 bridgehead atoms. The van der Waals surface area contributed by atoms with Crippen LogP contribution < -0.4 is 10.6 Å². The number of aliphatic imine (C=N–C) groups is 1. The third-order valence-electron chi connectivity index (χ3n) is 4.05. The van der Waals surface area contributed by atoms with Crippen LogP contribution >= 0.6 is 24.0 Å². The highest BCUT2D eigenvalue weighted by Gasteiger charge is 2.04. The number of nitrogens with one attached hydrogen (secondary N) is 2. The zero-order valence-corrected chi connectivity index (χ0v) is 18.4. The number of hydrogen-bond donors (Lipinski definition) is 2. The van der Waals surface area contributed by atoms with Gasteiger partial charge >= 0.3 is 0 Å². The van der Waals surface area contributed by atoms with Crippen molar-refractivity contribution in [2.75, 3.05) is 27.7 Å². The molecule has 0 unspecified atom stereocenters. The van der Waals surface area contributed by atoms with Gasteiger partial charge in [-0.2, -0.15) is 0 Å². The van der Waals surface area contributed by atoms with Gasteiger partial charge in [0.2, 0.25) is 0 Å². The number of halogens is 1. The van der Waals surface area contributed by atoms with Crippen LogP contribution in [0.2, 0.25) is 0 Å². The maximum absolute atomic E-state index is 4.32. The molecule has 4 nitrogen and oxygen atoms in total. The van der Waals surface area contributed by atoms with Crippen molar-refractivity contribution < 1.29 is 0 Å². The molecular weight excluding hydrogens is 435 g/mol. The van der Waals surface area contributed by atoms with E-state index in [1.165, 1.54) is 16.7 Å². The molecule has 0 aliphatic heterocycles. The van der Waals surface area contributed by atoms with E-state index in [0.29, 0.717) is 0 Å². The van der Waals surface area contributed by atoms with Crippen molar-refractivity contribution in [3.05, 3.63) is 71.3 Å². The van der Waals surface area contributed by atoms with E-state index in [0.717, 1.165) is 38.4 Å². The van der Waals surface area contributed by atoms with Gasteiger partial charge < -0.3 is 15.5 Å². The van der Waals surface area contributed by atoms with E-state index in [1.807, 2.05) is 7.05 Å². The summed E-state index contributed by atoms with van der Waals surface area (Å²) in [5, 5.41) is 6.82. The Labute approximate surface area is 175 Å². The van der Waals surface area contributed by atoms with Crippen LogP contribution in [0.1, 0.15) is 23.1 Å². The SMILES string of the molecule is CN=C(NCCCc1ccccc1)NCc1ccccc1CN(C)C.I. The van der Waals surface area contributed by atoms with E-state index in [2.05, 4.69) is 89.2 Å². The second-order valence-corrected chi connectivity index (χ2v) is 6.45. The first kappa shape index (κ1) is 22.4. The number of hydrogen-bond acceptors (Lipinski definition) is 2. The van der Waals surface area contributed by atoms with Crippen molar-refractivity contribution in [2.24, 2.45) is 4.99 Å². The summed E-state index contributed by atoms with van der Waals surface area (Å²) in [6.45, 7) is 2.64. The molecule has 0 aliphatic rings. The Balaban J connectivity index is 0.00000338. The predicted molar refractivity (Wildman–Crippen MR) is 122 cm³/mol. The van der Waals surface area contributed by atoms with Crippen LogP contribution in [0.5, 0.6) is 0 Å². The van der Waals surface area contributed by atoms with E-state index < -0.39 is 0 Å². The lowest BCUT2D eigenvalue weighted by atomic mass is 10.1. The molecular formula is C21H31IN4. The first-order chi connectivity index (χ1) is 12.2. The Morgan fingerprint density at radius 2 is 1.58 bits per heavy atom. The highest BCUT2D eigenvalue weighted by atomic mass is 127. The quantitative estimate of drug-likeness (QED) is 0.270. The van der Waals surface area contributed by atoms with Crippen LogP contribution in [0.15, 0.2) is 59.6 Å². The van der Waals surface area contributed by atoms with Crippen LogP contribution in [0, 0.1) is 0 Å². The highest BCUT2D eigenvalue weighted by Crippen LogP contribution is 2.10. The van der Waals surface area contributed by atoms with E-state index in [-0.39, 0.29) is 24.0 Å². The molecule has 0 amide bonds. The van der Waals surface area contributed by atoms with E-state index in [4.69, 9.17) is 0 Å². The van der Waals surface area contributed by atoms with Gasteiger partial charge in [-0.15, -0.1) is 24.0 Å². The average Bonchev–Trinajstić information content (AvgIpc) is 2.62. The second kappa shape index (κ2) is 12.7. The molecule has 5 heteroatoms. The molecule has 26 heavy (non-hydrogen) atoms. The molecule has 0 radical (unpaired) electrons. The van der Waals surface area contributed by atoms with Gasteiger partial charge in [0, 0.05) is 26.7 Å². The monoisotopic (exact) mass is 466 g/mol. The van der Waals surface area contributed by atoms with Gasteiger partial charge in [-0.1, -0.05) is 54.6 Å². The summed E-state index contributed by atoms with van der Waals surface area (Å²) in [4.78, 5) is 6.51. The lowest BCUT2D eigenvalue weighted by Crippen LogP contribution is -2.37. The summed E-state index contributed by atoms with van der Waals surface area (Å²) in [6.07, 6.45) is 2.17. The van der Waals surface area contributed by atoms with Gasteiger partial charge in [-0.3, -0.25) is 4.99 Å². The zero-order valence-electron chi connectivity index (χ0n) is 16.0. The van der Waals surface area contributed by atoms with Crippen molar-refractivity contribution in [1.29, 1.82) is 0 Å². The minimum Gasteiger partial charge on any atom is -0.356 e. The molecule has 2 rings (SSSR count). The van der Waals surface area contributed by atoms with Gasteiger partial charge in [-0.25, -0.2) is 0 Å². The highest BCUT2D eigenvalue weighted by molar-refractivity contribution is 14.0. The number of aryl methyl sites for hydroxylation is 1. The van der Waals surface area contributed by atoms with E-state index >= 15 is 0 Å². The molecule has 2 aromatic rings. The summed E-state index contributed by atoms with van der Waals surface area (Å²) in [5.41, 5.74) is 4.04. The van der Waals surface area contributed by atoms with Crippen molar-refractivity contribution in [3.63, 3.8) is 0 Å². The van der Waals surface area contributed by atoms with Crippen LogP contribution in [-0.2, 0) is 19.5 Å². The fourth-order valence-electron chi connectivity index (χ4n) is 2.77. The first-order valence-electron chi connectivity index (χ1n) is 8.89. The van der Waals surface area contributed by atoms with E-state index in [1.54, 1.807) is 0 Å². The smallest absolute Gasteiger partial charge is 0.191 e. The number of rotatable bonds is 8. The summed E-state index contributed by atoms with van der Waals surface area (Å²) < 4.78 is 0. The molecule has 2 aromatic carbocycles. The van der Waals surface area contributed by atoms with Crippen molar-refractivity contribution in [3.8, 4) is 0 Å².